The van der Waals surface area contributed by atoms with E-state index in [1.54, 1.807) is 0 Å². The molecule has 0 aliphatic rings. The topological polar surface area (TPSA) is 18.5 Å². The summed E-state index contributed by atoms with van der Waals surface area (Å²) in [6, 6.07) is 0. The van der Waals surface area contributed by atoms with Gasteiger partial charge in [-0.1, -0.05) is 47.6 Å². The molecular formula is C18H26O2. The summed E-state index contributed by atoms with van der Waals surface area (Å²) < 4.78 is 0. The quantitative estimate of drug-likeness (QED) is 0.201. The van der Waals surface area contributed by atoms with Crippen molar-refractivity contribution in [2.24, 2.45) is 0 Å². The first-order chi connectivity index (χ1) is 9.78. The molecule has 20 heavy (non-hydrogen) atoms. The van der Waals surface area contributed by atoms with Gasteiger partial charge >= 0.3 is 0 Å². The normalized spacial score (nSPS) is 9.40. The van der Waals surface area contributed by atoms with E-state index in [0.717, 1.165) is 25.7 Å². The third-order valence-corrected chi connectivity index (χ3v) is 2.59. The van der Waals surface area contributed by atoms with Gasteiger partial charge in [-0.05, 0) is 25.7 Å². The van der Waals surface area contributed by atoms with Crippen molar-refractivity contribution in [2.45, 2.75) is 25.7 Å². The average Bonchev–Trinajstić information content (AvgIpc) is 2.43. The maximum atomic E-state index is 5.12. The van der Waals surface area contributed by atoms with Crippen molar-refractivity contribution in [3.8, 4) is 0 Å². The molecule has 0 aromatic rings. The Hall–Kier alpha value is -1.64. The molecule has 0 heterocycles. The molecule has 0 fully saturated rings. The molecular weight excluding hydrogens is 248 g/mol. The Labute approximate surface area is 123 Å². The summed E-state index contributed by atoms with van der Waals surface area (Å²) in [5.41, 5.74) is 2.46. The van der Waals surface area contributed by atoms with E-state index in [0.29, 0.717) is 13.2 Å². The van der Waals surface area contributed by atoms with Crippen LogP contribution in [0.15, 0.2) is 73.9 Å². The standard InChI is InChI=1S/C18H26O2/c1-5-9-17(10-6-2)13-15-19-20-16-14-18(11-7-3)12-8-4/h5-8,13-14H,1-4,9-12,15-16H2. The van der Waals surface area contributed by atoms with E-state index < -0.39 is 0 Å². The molecule has 0 aliphatic heterocycles. The summed E-state index contributed by atoms with van der Waals surface area (Å²) in [6.45, 7) is 15.8. The van der Waals surface area contributed by atoms with Gasteiger partial charge in [-0.2, -0.15) is 0 Å². The van der Waals surface area contributed by atoms with Crippen LogP contribution in [0.4, 0.5) is 0 Å². The van der Waals surface area contributed by atoms with Crippen molar-refractivity contribution in [3.63, 3.8) is 0 Å². The Morgan fingerprint density at radius 2 is 0.900 bits per heavy atom. The Balaban J connectivity index is 3.98. The largest absolute Gasteiger partial charge is 0.232 e. The van der Waals surface area contributed by atoms with Crippen LogP contribution in [-0.2, 0) is 9.78 Å². The maximum Gasteiger partial charge on any atom is 0.101 e. The van der Waals surface area contributed by atoms with Crippen molar-refractivity contribution in [1.29, 1.82) is 0 Å². The van der Waals surface area contributed by atoms with Crippen LogP contribution in [0.5, 0.6) is 0 Å². The van der Waals surface area contributed by atoms with Gasteiger partial charge in [0, 0.05) is 0 Å². The van der Waals surface area contributed by atoms with Crippen LogP contribution in [0.3, 0.4) is 0 Å². The minimum absolute atomic E-state index is 0.434. The van der Waals surface area contributed by atoms with E-state index in [9.17, 15) is 0 Å². The van der Waals surface area contributed by atoms with Gasteiger partial charge in [0.25, 0.3) is 0 Å². The fraction of sp³-hybridized carbons (Fsp3) is 0.333. The Morgan fingerprint density at radius 1 is 0.600 bits per heavy atom. The Morgan fingerprint density at radius 3 is 1.15 bits per heavy atom. The molecule has 0 aromatic carbocycles. The number of hydrogen-bond acceptors (Lipinski definition) is 2. The second-order valence-corrected chi connectivity index (χ2v) is 4.26. The molecule has 0 N–H and O–H groups in total. The van der Waals surface area contributed by atoms with Crippen molar-refractivity contribution >= 4 is 0 Å². The fourth-order valence-electron chi connectivity index (χ4n) is 1.64. The smallest absolute Gasteiger partial charge is 0.101 e. The molecule has 0 amide bonds. The lowest BCUT2D eigenvalue weighted by atomic mass is 10.1. The zero-order chi connectivity index (χ0) is 15.1. The third kappa shape index (κ3) is 10.3. The first-order valence-electron chi connectivity index (χ1n) is 6.82. The highest BCUT2D eigenvalue weighted by molar-refractivity contribution is 5.10. The first-order valence-corrected chi connectivity index (χ1v) is 6.82. The van der Waals surface area contributed by atoms with Gasteiger partial charge in [0.15, 0.2) is 0 Å². The van der Waals surface area contributed by atoms with Gasteiger partial charge in [-0.25, -0.2) is 9.78 Å². The second-order valence-electron chi connectivity index (χ2n) is 4.26. The molecule has 0 spiro atoms. The minimum Gasteiger partial charge on any atom is -0.232 e. The summed E-state index contributed by atoms with van der Waals surface area (Å²) in [6.07, 6.45) is 14.9. The van der Waals surface area contributed by atoms with Gasteiger partial charge in [-0.3, -0.25) is 0 Å². The van der Waals surface area contributed by atoms with E-state index in [2.05, 4.69) is 26.3 Å². The molecule has 0 atom stereocenters. The summed E-state index contributed by atoms with van der Waals surface area (Å²) in [5, 5.41) is 0. The highest BCUT2D eigenvalue weighted by Gasteiger charge is 1.94. The lowest BCUT2D eigenvalue weighted by Gasteiger charge is -2.04. The zero-order valence-electron chi connectivity index (χ0n) is 12.4. The molecule has 0 saturated carbocycles. The molecule has 0 bridgehead atoms. The van der Waals surface area contributed by atoms with Crippen LogP contribution in [-0.4, -0.2) is 13.2 Å². The second kappa shape index (κ2) is 13.8. The average molecular weight is 274 g/mol. The van der Waals surface area contributed by atoms with Crippen LogP contribution in [0.25, 0.3) is 0 Å². The van der Waals surface area contributed by atoms with Gasteiger partial charge in [0.1, 0.15) is 13.2 Å². The van der Waals surface area contributed by atoms with E-state index in [4.69, 9.17) is 9.78 Å². The molecule has 0 saturated heterocycles. The number of rotatable bonds is 13. The predicted octanol–water partition coefficient (Wildman–Crippen LogP) is 5.09. The molecule has 0 radical (unpaired) electrons. The fourth-order valence-corrected chi connectivity index (χ4v) is 1.64. The minimum atomic E-state index is 0.434. The lowest BCUT2D eigenvalue weighted by molar-refractivity contribution is -0.277. The van der Waals surface area contributed by atoms with E-state index in [-0.39, 0.29) is 0 Å². The van der Waals surface area contributed by atoms with Crippen molar-refractivity contribution < 1.29 is 9.78 Å². The molecule has 0 unspecified atom stereocenters. The summed E-state index contributed by atoms with van der Waals surface area (Å²) >= 11 is 0. The lowest BCUT2D eigenvalue weighted by Crippen LogP contribution is -1.97. The van der Waals surface area contributed by atoms with Gasteiger partial charge in [0.05, 0.1) is 0 Å². The van der Waals surface area contributed by atoms with Crippen molar-refractivity contribution in [3.05, 3.63) is 73.9 Å². The van der Waals surface area contributed by atoms with E-state index >= 15 is 0 Å². The molecule has 0 aliphatic carbocycles. The summed E-state index contributed by atoms with van der Waals surface area (Å²) in [7, 11) is 0. The SMILES string of the molecule is C=CCC(=CCOOCC=C(CC=C)CC=C)CC=C. The Bertz CT molecular complexity index is 302. The van der Waals surface area contributed by atoms with Gasteiger partial charge < -0.3 is 0 Å². The number of allylic oxidation sites excluding steroid dienone is 6. The molecule has 0 aromatic heterocycles. The third-order valence-electron chi connectivity index (χ3n) is 2.59. The summed E-state index contributed by atoms with van der Waals surface area (Å²) in [4.78, 5) is 10.2. The molecule has 2 heteroatoms. The van der Waals surface area contributed by atoms with E-state index in [1.807, 2.05) is 36.5 Å². The van der Waals surface area contributed by atoms with Crippen LogP contribution in [0.2, 0.25) is 0 Å². The van der Waals surface area contributed by atoms with Crippen LogP contribution in [0, 0.1) is 0 Å². The molecule has 2 nitrogen and oxygen atoms in total. The maximum absolute atomic E-state index is 5.12. The van der Waals surface area contributed by atoms with Crippen molar-refractivity contribution in [1.82, 2.24) is 0 Å². The number of hydrogen-bond donors (Lipinski definition) is 0. The Kier molecular flexibility index (Phi) is 12.7. The first kappa shape index (κ1) is 18.4. The highest BCUT2D eigenvalue weighted by Crippen LogP contribution is 2.09. The zero-order valence-corrected chi connectivity index (χ0v) is 12.4. The molecule has 0 rings (SSSR count). The van der Waals surface area contributed by atoms with Crippen molar-refractivity contribution in [2.75, 3.05) is 13.2 Å². The van der Waals surface area contributed by atoms with Gasteiger partial charge in [0.2, 0.25) is 0 Å². The predicted molar refractivity (Wildman–Crippen MR) is 87.3 cm³/mol. The van der Waals surface area contributed by atoms with E-state index in [1.165, 1.54) is 11.1 Å². The van der Waals surface area contributed by atoms with Crippen LogP contribution >= 0.6 is 0 Å². The summed E-state index contributed by atoms with van der Waals surface area (Å²) in [5.74, 6) is 0. The monoisotopic (exact) mass is 274 g/mol. The van der Waals surface area contributed by atoms with Gasteiger partial charge in [-0.15, -0.1) is 26.3 Å². The van der Waals surface area contributed by atoms with Crippen LogP contribution < -0.4 is 0 Å². The van der Waals surface area contributed by atoms with Crippen LogP contribution in [0.1, 0.15) is 25.7 Å². The molecule has 110 valence electrons. The highest BCUT2D eigenvalue weighted by atomic mass is 17.2.